The van der Waals surface area contributed by atoms with Gasteiger partial charge in [0.2, 0.25) is 0 Å². The van der Waals surface area contributed by atoms with Gasteiger partial charge in [-0.15, -0.1) is 214 Å². The maximum absolute atomic E-state index is 4.62. The van der Waals surface area contributed by atoms with Crippen molar-refractivity contribution in [2.24, 2.45) is 0 Å². The number of hydrogen-bond donors (Lipinski definition) is 0. The van der Waals surface area contributed by atoms with Crippen LogP contribution in [0.15, 0.2) is 353 Å². The van der Waals surface area contributed by atoms with E-state index in [1.807, 2.05) is 177 Å². The molecule has 0 aliphatic rings. The third kappa shape index (κ3) is 25.8. The van der Waals surface area contributed by atoms with Gasteiger partial charge in [-0.05, 0) is 128 Å². The Bertz CT molecular complexity index is 5100. The van der Waals surface area contributed by atoms with Gasteiger partial charge in [0, 0.05) is 103 Å². The van der Waals surface area contributed by atoms with Crippen LogP contribution in [0.3, 0.4) is 0 Å². The molecule has 577 valence electrons. The monoisotopic (exact) mass is 2020 g/mol. The van der Waals surface area contributed by atoms with E-state index in [2.05, 4.69) is 325 Å². The normalized spacial score (nSPS) is 10.6. The second kappa shape index (κ2) is 43.3. The van der Waals surface area contributed by atoms with Gasteiger partial charge in [-0.1, -0.05) is 249 Å². The van der Waals surface area contributed by atoms with Crippen molar-refractivity contribution in [1.82, 2.24) is 29.9 Å². The average molecular weight is 2020 g/mol. The average Bonchev–Trinajstić information content (AvgIpc) is 0.833. The van der Waals surface area contributed by atoms with Crippen molar-refractivity contribution in [3.63, 3.8) is 0 Å². The van der Waals surface area contributed by atoms with E-state index in [-0.39, 0.29) is 76.6 Å². The zero-order valence-electron chi connectivity index (χ0n) is 66.7. The largest absolute Gasteiger partial charge is 0.304 e. The van der Waals surface area contributed by atoms with Crippen LogP contribution in [0.5, 0.6) is 0 Å². The first kappa shape index (κ1) is 88.6. The van der Waals surface area contributed by atoms with Gasteiger partial charge in [0.25, 0.3) is 0 Å². The molecule has 0 aliphatic carbocycles. The summed E-state index contributed by atoms with van der Waals surface area (Å²) in [5.74, 6) is 0. The molecule has 0 atom stereocenters. The van der Waals surface area contributed by atoms with Crippen LogP contribution in [-0.2, 0) is 76.6 Å². The molecule has 6 heterocycles. The fraction of sp³-hybridized carbons (Fsp3) is 0.143. The number of aryl methyl sites for hydroxylation is 3. The summed E-state index contributed by atoms with van der Waals surface area (Å²) in [5.41, 5.74) is 29.4. The molecule has 0 saturated carbocycles. The molecule has 0 amide bonds. The van der Waals surface area contributed by atoms with Gasteiger partial charge in [0.05, 0.1) is 0 Å². The van der Waals surface area contributed by atoms with Crippen LogP contribution < -0.4 is 0 Å². The minimum Gasteiger partial charge on any atom is -0.304 e. The molecule has 0 spiro atoms. The summed E-state index contributed by atoms with van der Waals surface area (Å²) in [6.07, 6.45) is 11.5. The molecule has 0 saturated heterocycles. The number of aromatic nitrogens is 6. The predicted octanol–water partition coefficient (Wildman–Crippen LogP) is 26.8. The van der Waals surface area contributed by atoms with Crippen molar-refractivity contribution in [3.05, 3.63) is 422 Å². The van der Waals surface area contributed by atoms with E-state index in [0.29, 0.717) is 0 Å². The molecule has 9 heteroatoms. The van der Waals surface area contributed by atoms with Crippen molar-refractivity contribution >= 4 is 0 Å². The van der Waals surface area contributed by atoms with Gasteiger partial charge < -0.3 is 29.9 Å². The fourth-order valence-electron chi connectivity index (χ4n) is 12.1. The standard InChI is InChI=1S/3C21H20N.C18H14N.2C12H10N.3Ir/c3*1-21(2,3)19-12-13-20(22-15-19)18-11-7-10-17(14-18)16-8-5-4-6-9-16;1-14-12-18(16-10-6-3-7-11-16)19-13-17(14)15-8-4-2-5-9-15;2*1-10-6-5-9-13-12(10)11-7-3-2-4-8-11;;;/h3*4-10,12-15H,1-3H3;2-10,12-13H,1H3;2*2-7,9H,1H3;;;/q6*-1;;;. The molecule has 0 fully saturated rings. The van der Waals surface area contributed by atoms with E-state index in [1.165, 1.54) is 77.9 Å². The Kier molecular flexibility index (Phi) is 33.7. The van der Waals surface area contributed by atoms with Gasteiger partial charge >= 0.3 is 0 Å². The van der Waals surface area contributed by atoms with Gasteiger partial charge in [-0.3, -0.25) is 0 Å². The van der Waals surface area contributed by atoms with Gasteiger partial charge in [0.15, 0.2) is 0 Å². The molecular weight excluding hydrogens is 1920 g/mol. The second-order valence-electron chi connectivity index (χ2n) is 30.0. The number of pyridine rings is 6. The Morgan fingerprint density at radius 3 is 0.798 bits per heavy atom. The number of hydrogen-bond acceptors (Lipinski definition) is 6. The first-order valence-electron chi connectivity index (χ1n) is 37.6. The Morgan fingerprint density at radius 1 is 0.219 bits per heavy atom. The van der Waals surface area contributed by atoms with Gasteiger partial charge in [-0.2, -0.15) is 0 Å². The van der Waals surface area contributed by atoms with Crippen molar-refractivity contribution in [1.29, 1.82) is 0 Å². The van der Waals surface area contributed by atoms with Gasteiger partial charge in [-0.25, -0.2) is 0 Å². The molecule has 16 rings (SSSR count). The Balaban J connectivity index is 0.000000172. The second-order valence-corrected chi connectivity index (χ2v) is 30.0. The minimum absolute atomic E-state index is 0. The Hall–Kier alpha value is -11.0. The quantitative estimate of drug-likeness (QED) is 0.127. The first-order valence-corrected chi connectivity index (χ1v) is 37.6. The summed E-state index contributed by atoms with van der Waals surface area (Å²) >= 11 is 0. The van der Waals surface area contributed by atoms with Crippen molar-refractivity contribution in [3.8, 4) is 112 Å². The summed E-state index contributed by atoms with van der Waals surface area (Å²) in [5, 5.41) is 0. The van der Waals surface area contributed by atoms with Crippen molar-refractivity contribution in [2.75, 3.05) is 0 Å². The van der Waals surface area contributed by atoms with Crippen LogP contribution in [0.1, 0.15) is 95.7 Å². The van der Waals surface area contributed by atoms with E-state index in [0.717, 1.165) is 67.5 Å². The molecule has 6 aromatic heterocycles. The molecule has 3 radical (unpaired) electrons. The van der Waals surface area contributed by atoms with E-state index >= 15 is 0 Å². The Labute approximate surface area is 718 Å². The smallest absolute Gasteiger partial charge is 0.0242 e. The summed E-state index contributed by atoms with van der Waals surface area (Å²) in [6, 6.07) is 126. The van der Waals surface area contributed by atoms with Crippen LogP contribution in [0, 0.1) is 57.2 Å². The van der Waals surface area contributed by atoms with Crippen LogP contribution in [-0.4, -0.2) is 29.9 Å². The van der Waals surface area contributed by atoms with Crippen LogP contribution >= 0.6 is 0 Å². The topological polar surface area (TPSA) is 77.3 Å². The molecule has 16 aromatic rings. The van der Waals surface area contributed by atoms with Crippen LogP contribution in [0.25, 0.3) is 112 Å². The summed E-state index contributed by atoms with van der Waals surface area (Å²) in [7, 11) is 0. The molecule has 0 N–H and O–H groups in total. The molecular formula is C105H94Ir3N6-6. The molecule has 0 aliphatic heterocycles. The number of benzene rings is 10. The molecule has 6 nitrogen and oxygen atoms in total. The maximum atomic E-state index is 4.62. The van der Waals surface area contributed by atoms with E-state index < -0.39 is 0 Å². The van der Waals surface area contributed by atoms with E-state index in [4.69, 9.17) is 0 Å². The molecule has 0 unspecified atom stereocenters. The number of rotatable bonds is 10. The van der Waals surface area contributed by atoms with Crippen molar-refractivity contribution < 1.29 is 60.3 Å². The third-order valence-electron chi connectivity index (χ3n) is 18.6. The fourth-order valence-corrected chi connectivity index (χ4v) is 12.1. The van der Waals surface area contributed by atoms with Crippen molar-refractivity contribution in [2.45, 2.75) is 99.3 Å². The van der Waals surface area contributed by atoms with Crippen LogP contribution in [0.2, 0.25) is 0 Å². The van der Waals surface area contributed by atoms with E-state index in [1.54, 1.807) is 0 Å². The first-order chi connectivity index (χ1) is 53.7. The molecule has 114 heavy (non-hydrogen) atoms. The summed E-state index contributed by atoms with van der Waals surface area (Å²) < 4.78 is 0. The summed E-state index contributed by atoms with van der Waals surface area (Å²) in [6.45, 7) is 26.0. The predicted molar refractivity (Wildman–Crippen MR) is 463 cm³/mol. The maximum Gasteiger partial charge on any atom is 0.0242 e. The number of nitrogens with zero attached hydrogens (tertiary/aromatic N) is 6. The van der Waals surface area contributed by atoms with E-state index in [9.17, 15) is 0 Å². The molecule has 10 aromatic carbocycles. The SMILES string of the molecule is CC(C)(C)c1ccc(-c2[c-]ccc(-c3ccccc3)c2)nc1.CC(C)(C)c1ccc(-c2[c-]ccc(-c3ccccc3)c2)nc1.CC(C)(C)c1ccc(-c2[c-]ccc(-c3ccccc3)c2)nc1.Cc1cc(-c2[c-]cccc2)ncc1-c1ccccc1.Cc1cccnc1-c1[c-]cccc1.Cc1cccnc1-c1[c-]cccc1.[Ir].[Ir].[Ir]. The summed E-state index contributed by atoms with van der Waals surface area (Å²) in [4.78, 5) is 27.0. The third-order valence-corrected chi connectivity index (χ3v) is 18.6. The van der Waals surface area contributed by atoms with Crippen LogP contribution in [0.4, 0.5) is 0 Å². The molecule has 0 bridgehead atoms. The zero-order chi connectivity index (χ0) is 78.0. The van der Waals surface area contributed by atoms with Gasteiger partial charge in [0.1, 0.15) is 0 Å². The zero-order valence-corrected chi connectivity index (χ0v) is 73.9. The minimum atomic E-state index is 0. The Morgan fingerprint density at radius 2 is 0.518 bits per heavy atom.